The number of amides is 2. The quantitative estimate of drug-likeness (QED) is 0.508. The molecule has 0 aliphatic carbocycles. The number of anilines is 2. The molecule has 0 atom stereocenters. The molecule has 0 bridgehead atoms. The molecule has 7 heteroatoms. The normalized spacial score (nSPS) is 10.5. The summed E-state index contributed by atoms with van der Waals surface area (Å²) in [5.74, 6) is 0.861. The van der Waals surface area contributed by atoms with Crippen LogP contribution in [0.25, 0.3) is 6.08 Å². The van der Waals surface area contributed by atoms with E-state index in [1.807, 2.05) is 30.3 Å². The minimum absolute atomic E-state index is 0.287. The van der Waals surface area contributed by atoms with Crippen LogP contribution in [0.4, 0.5) is 11.4 Å². The standard InChI is InChI=1S/C25H24N2O5/c1-30-19-12-9-17(10-13-19)11-14-24(28)26-20-15-23(32-3)21(16-22(20)31-2)27-25(29)18-7-5-4-6-8-18/h4-16H,1-3H3,(H,26,28)(H,27,29). The number of carbonyl (C=O) groups excluding carboxylic acids is 2. The molecule has 0 spiro atoms. The number of rotatable bonds is 8. The maximum Gasteiger partial charge on any atom is 0.255 e. The number of benzene rings is 3. The first-order valence-corrected chi connectivity index (χ1v) is 9.79. The Morgan fingerprint density at radius 1 is 0.750 bits per heavy atom. The first-order chi connectivity index (χ1) is 15.5. The first-order valence-electron chi connectivity index (χ1n) is 9.79. The number of methoxy groups -OCH3 is 3. The van der Waals surface area contributed by atoms with Gasteiger partial charge in [-0.15, -0.1) is 0 Å². The fourth-order valence-corrected chi connectivity index (χ4v) is 2.94. The topological polar surface area (TPSA) is 85.9 Å². The largest absolute Gasteiger partial charge is 0.497 e. The highest BCUT2D eigenvalue weighted by Gasteiger charge is 2.15. The Morgan fingerprint density at radius 3 is 1.91 bits per heavy atom. The molecule has 3 rings (SSSR count). The van der Waals surface area contributed by atoms with Crippen molar-refractivity contribution in [3.05, 3.63) is 83.9 Å². The molecular formula is C25H24N2O5. The van der Waals surface area contributed by atoms with Gasteiger partial charge in [0.1, 0.15) is 17.2 Å². The first kappa shape index (κ1) is 22.4. The van der Waals surface area contributed by atoms with E-state index < -0.39 is 0 Å². The second-order valence-corrected chi connectivity index (χ2v) is 6.67. The summed E-state index contributed by atoms with van der Waals surface area (Å²) in [6.45, 7) is 0. The molecule has 0 radical (unpaired) electrons. The predicted molar refractivity (Wildman–Crippen MR) is 125 cm³/mol. The molecular weight excluding hydrogens is 408 g/mol. The van der Waals surface area contributed by atoms with Crippen molar-refractivity contribution in [1.82, 2.24) is 0 Å². The maximum atomic E-state index is 12.5. The van der Waals surface area contributed by atoms with Crippen molar-refractivity contribution in [3.63, 3.8) is 0 Å². The second-order valence-electron chi connectivity index (χ2n) is 6.67. The summed E-state index contributed by atoms with van der Waals surface area (Å²) in [5, 5.41) is 5.58. The summed E-state index contributed by atoms with van der Waals surface area (Å²) in [7, 11) is 4.56. The van der Waals surface area contributed by atoms with Crippen LogP contribution in [0, 0.1) is 0 Å². The van der Waals surface area contributed by atoms with Gasteiger partial charge in [0, 0.05) is 23.8 Å². The van der Waals surface area contributed by atoms with Crippen LogP contribution in [-0.2, 0) is 4.79 Å². The number of nitrogens with one attached hydrogen (secondary N) is 2. The fourth-order valence-electron chi connectivity index (χ4n) is 2.94. The van der Waals surface area contributed by atoms with E-state index in [9.17, 15) is 9.59 Å². The lowest BCUT2D eigenvalue weighted by molar-refractivity contribution is -0.111. The van der Waals surface area contributed by atoms with Crippen molar-refractivity contribution in [2.45, 2.75) is 0 Å². The third kappa shape index (κ3) is 5.66. The van der Waals surface area contributed by atoms with Crippen molar-refractivity contribution < 1.29 is 23.8 Å². The predicted octanol–water partition coefficient (Wildman–Crippen LogP) is 4.62. The van der Waals surface area contributed by atoms with Crippen LogP contribution in [0.15, 0.2) is 72.8 Å². The van der Waals surface area contributed by atoms with Gasteiger partial charge in [0.2, 0.25) is 5.91 Å². The molecule has 3 aromatic carbocycles. The van der Waals surface area contributed by atoms with Crippen LogP contribution in [0.5, 0.6) is 17.2 Å². The van der Waals surface area contributed by atoms with Gasteiger partial charge < -0.3 is 24.8 Å². The van der Waals surface area contributed by atoms with Crippen LogP contribution in [0.2, 0.25) is 0 Å². The molecule has 0 aromatic heterocycles. The molecule has 2 amide bonds. The van der Waals surface area contributed by atoms with E-state index in [0.29, 0.717) is 28.4 Å². The summed E-state index contributed by atoms with van der Waals surface area (Å²) in [4.78, 5) is 24.9. The Kier molecular flexibility index (Phi) is 7.48. The van der Waals surface area contributed by atoms with Gasteiger partial charge in [0.15, 0.2) is 0 Å². The van der Waals surface area contributed by atoms with Gasteiger partial charge in [-0.2, -0.15) is 0 Å². The molecule has 3 aromatic rings. The van der Waals surface area contributed by atoms with Gasteiger partial charge in [0.05, 0.1) is 32.7 Å². The molecule has 164 valence electrons. The highest BCUT2D eigenvalue weighted by atomic mass is 16.5. The van der Waals surface area contributed by atoms with Crippen LogP contribution >= 0.6 is 0 Å². The Bertz CT molecular complexity index is 1110. The van der Waals surface area contributed by atoms with E-state index in [1.54, 1.807) is 49.6 Å². The molecule has 2 N–H and O–H groups in total. The summed E-state index contributed by atoms with van der Waals surface area (Å²) >= 11 is 0. The van der Waals surface area contributed by atoms with Crippen LogP contribution in [0.3, 0.4) is 0 Å². The molecule has 0 aliphatic heterocycles. The summed E-state index contributed by atoms with van der Waals surface area (Å²) in [5.41, 5.74) is 2.19. The SMILES string of the molecule is COc1ccc(C=CC(=O)Nc2cc(OC)c(NC(=O)c3ccccc3)cc2OC)cc1. The fraction of sp³-hybridized carbons (Fsp3) is 0.120. The Hall–Kier alpha value is -4.26. The Labute approximate surface area is 186 Å². The van der Waals surface area contributed by atoms with Crippen LogP contribution in [0.1, 0.15) is 15.9 Å². The maximum absolute atomic E-state index is 12.5. The Balaban J connectivity index is 1.76. The van der Waals surface area contributed by atoms with Crippen molar-refractivity contribution in [1.29, 1.82) is 0 Å². The van der Waals surface area contributed by atoms with Gasteiger partial charge >= 0.3 is 0 Å². The minimum Gasteiger partial charge on any atom is -0.497 e. The lowest BCUT2D eigenvalue weighted by Gasteiger charge is -2.16. The summed E-state index contributed by atoms with van der Waals surface area (Å²) < 4.78 is 15.9. The lowest BCUT2D eigenvalue weighted by atomic mass is 10.2. The monoisotopic (exact) mass is 432 g/mol. The smallest absolute Gasteiger partial charge is 0.255 e. The van der Waals surface area contributed by atoms with E-state index >= 15 is 0 Å². The van der Waals surface area contributed by atoms with E-state index in [0.717, 1.165) is 11.3 Å². The summed E-state index contributed by atoms with van der Waals surface area (Å²) in [6, 6.07) is 19.3. The van der Waals surface area contributed by atoms with Crippen LogP contribution < -0.4 is 24.8 Å². The van der Waals surface area contributed by atoms with Gasteiger partial charge in [-0.1, -0.05) is 30.3 Å². The van der Waals surface area contributed by atoms with Crippen molar-refractivity contribution in [2.24, 2.45) is 0 Å². The molecule has 7 nitrogen and oxygen atoms in total. The van der Waals surface area contributed by atoms with E-state index in [4.69, 9.17) is 14.2 Å². The lowest BCUT2D eigenvalue weighted by Crippen LogP contribution is -2.14. The third-order valence-electron chi connectivity index (χ3n) is 4.61. The zero-order valence-corrected chi connectivity index (χ0v) is 18.0. The average Bonchev–Trinajstić information content (AvgIpc) is 2.84. The zero-order valence-electron chi connectivity index (χ0n) is 18.0. The highest BCUT2D eigenvalue weighted by molar-refractivity contribution is 6.06. The highest BCUT2D eigenvalue weighted by Crippen LogP contribution is 2.36. The molecule has 0 unspecified atom stereocenters. The molecule has 0 fully saturated rings. The van der Waals surface area contributed by atoms with Crippen molar-refractivity contribution >= 4 is 29.3 Å². The van der Waals surface area contributed by atoms with Gasteiger partial charge in [0.25, 0.3) is 5.91 Å². The van der Waals surface area contributed by atoms with Crippen LogP contribution in [-0.4, -0.2) is 33.1 Å². The van der Waals surface area contributed by atoms with E-state index in [2.05, 4.69) is 10.6 Å². The van der Waals surface area contributed by atoms with Gasteiger partial charge in [-0.3, -0.25) is 9.59 Å². The van der Waals surface area contributed by atoms with E-state index in [-0.39, 0.29) is 11.8 Å². The molecule has 32 heavy (non-hydrogen) atoms. The number of hydrogen-bond donors (Lipinski definition) is 2. The molecule has 0 heterocycles. The zero-order chi connectivity index (χ0) is 22.9. The second kappa shape index (κ2) is 10.7. The van der Waals surface area contributed by atoms with E-state index in [1.165, 1.54) is 20.3 Å². The van der Waals surface area contributed by atoms with Crippen molar-refractivity contribution in [3.8, 4) is 17.2 Å². The molecule has 0 saturated heterocycles. The molecule has 0 aliphatic rings. The van der Waals surface area contributed by atoms with Gasteiger partial charge in [-0.25, -0.2) is 0 Å². The number of carbonyl (C=O) groups is 2. The van der Waals surface area contributed by atoms with Crippen molar-refractivity contribution in [2.75, 3.05) is 32.0 Å². The summed E-state index contributed by atoms with van der Waals surface area (Å²) in [6.07, 6.45) is 3.10. The number of ether oxygens (including phenoxy) is 3. The average molecular weight is 432 g/mol. The molecule has 0 saturated carbocycles. The number of hydrogen-bond acceptors (Lipinski definition) is 5. The third-order valence-corrected chi connectivity index (χ3v) is 4.61. The Morgan fingerprint density at radius 2 is 1.34 bits per heavy atom. The van der Waals surface area contributed by atoms with Gasteiger partial charge in [-0.05, 0) is 35.9 Å². The minimum atomic E-state index is -0.345.